The molecule has 146 valence electrons. The van der Waals surface area contributed by atoms with E-state index in [1.165, 1.54) is 0 Å². The highest BCUT2D eigenvalue weighted by molar-refractivity contribution is 5.96. The molecule has 3 rings (SSSR count). The molecule has 1 aliphatic rings. The summed E-state index contributed by atoms with van der Waals surface area (Å²) in [6.07, 6.45) is 2.06. The van der Waals surface area contributed by atoms with E-state index >= 15 is 0 Å². The predicted molar refractivity (Wildman–Crippen MR) is 110 cm³/mol. The molecule has 1 amide bonds. The number of hydrogen-bond donors (Lipinski definition) is 2. The van der Waals surface area contributed by atoms with E-state index in [2.05, 4.69) is 45.9 Å². The summed E-state index contributed by atoms with van der Waals surface area (Å²) >= 11 is 0. The number of nitrogens with one attached hydrogen (secondary N) is 1. The summed E-state index contributed by atoms with van der Waals surface area (Å²) in [6.45, 7) is 12.6. The van der Waals surface area contributed by atoms with Crippen LogP contribution in [-0.4, -0.2) is 27.4 Å². The number of nitrogens with zero attached hydrogens (tertiary/aromatic N) is 4. The third-order valence-electron chi connectivity index (χ3n) is 4.48. The summed E-state index contributed by atoms with van der Waals surface area (Å²) in [5.41, 5.74) is 8.55. The Labute approximate surface area is 161 Å². The second kappa shape index (κ2) is 8.79. The van der Waals surface area contributed by atoms with Gasteiger partial charge in [0.15, 0.2) is 5.82 Å². The van der Waals surface area contributed by atoms with Crippen LogP contribution >= 0.6 is 0 Å². The highest BCUT2D eigenvalue weighted by Gasteiger charge is 2.29. The van der Waals surface area contributed by atoms with Gasteiger partial charge in [-0.1, -0.05) is 33.8 Å². The quantitative estimate of drug-likeness (QED) is 0.852. The van der Waals surface area contributed by atoms with Gasteiger partial charge in [0.25, 0.3) is 0 Å². The van der Waals surface area contributed by atoms with Crippen LogP contribution in [0.2, 0.25) is 0 Å². The van der Waals surface area contributed by atoms with Crippen molar-refractivity contribution >= 4 is 23.2 Å². The molecule has 27 heavy (non-hydrogen) atoms. The zero-order valence-electron chi connectivity index (χ0n) is 17.1. The van der Waals surface area contributed by atoms with Crippen molar-refractivity contribution in [1.29, 1.82) is 0 Å². The molecule has 1 atom stereocenters. The fraction of sp³-hybridized carbons (Fsp3) is 0.500. The number of fused-ring (bicyclic) bond motifs is 1. The standard InChI is InChI=1S/C18H24N6O.C2H6/c1-10(2)15-16-18(22-12(4)21-15)24(9-7-14(25)23-16)11(3)13-6-5-8-20-17(13)19;1-2/h5-6,8,10-11H,7,9H2,1-4H3,(H2,19,20)(H,23,25);1-2H3. The Morgan fingerprint density at radius 1 is 1.22 bits per heavy atom. The number of carbonyl (C=O) groups is 1. The molecule has 7 nitrogen and oxygen atoms in total. The summed E-state index contributed by atoms with van der Waals surface area (Å²) in [5, 5.41) is 3.00. The van der Waals surface area contributed by atoms with Crippen LogP contribution in [0, 0.1) is 6.92 Å². The predicted octanol–water partition coefficient (Wildman–Crippen LogP) is 3.82. The Hall–Kier alpha value is -2.70. The van der Waals surface area contributed by atoms with Gasteiger partial charge in [-0.2, -0.15) is 0 Å². The highest BCUT2D eigenvalue weighted by Crippen LogP contribution is 2.38. The van der Waals surface area contributed by atoms with Crippen LogP contribution in [0.25, 0.3) is 0 Å². The first-order chi connectivity index (χ1) is 12.9. The molecule has 3 N–H and O–H groups in total. The summed E-state index contributed by atoms with van der Waals surface area (Å²) in [7, 11) is 0. The molecule has 7 heteroatoms. The molecule has 0 aliphatic carbocycles. The van der Waals surface area contributed by atoms with Gasteiger partial charge in [-0.25, -0.2) is 15.0 Å². The highest BCUT2D eigenvalue weighted by atomic mass is 16.1. The molecule has 2 aromatic heterocycles. The maximum atomic E-state index is 12.2. The molecule has 0 spiro atoms. The molecule has 0 radical (unpaired) electrons. The third kappa shape index (κ3) is 4.35. The van der Waals surface area contributed by atoms with Crippen molar-refractivity contribution in [2.45, 2.75) is 59.9 Å². The summed E-state index contributed by atoms with van der Waals surface area (Å²) in [6, 6.07) is 3.77. The van der Waals surface area contributed by atoms with Gasteiger partial charge in [-0.05, 0) is 25.8 Å². The zero-order chi connectivity index (χ0) is 20.1. The fourth-order valence-corrected chi connectivity index (χ4v) is 3.18. The Morgan fingerprint density at radius 2 is 1.93 bits per heavy atom. The molecular weight excluding hydrogens is 340 g/mol. The minimum absolute atomic E-state index is 0.0236. The Bertz CT molecular complexity index is 805. The molecule has 1 aliphatic heterocycles. The van der Waals surface area contributed by atoms with Crippen molar-refractivity contribution in [1.82, 2.24) is 15.0 Å². The molecule has 2 aromatic rings. The first-order valence-corrected chi connectivity index (χ1v) is 9.54. The van der Waals surface area contributed by atoms with Crippen molar-refractivity contribution in [2.75, 3.05) is 22.5 Å². The third-order valence-corrected chi connectivity index (χ3v) is 4.48. The van der Waals surface area contributed by atoms with Crippen molar-refractivity contribution in [2.24, 2.45) is 0 Å². The lowest BCUT2D eigenvalue weighted by Crippen LogP contribution is -2.29. The number of nitrogens with two attached hydrogens (primary N) is 1. The van der Waals surface area contributed by atoms with Crippen LogP contribution in [-0.2, 0) is 4.79 Å². The van der Waals surface area contributed by atoms with Gasteiger partial charge in [-0.15, -0.1) is 0 Å². The van der Waals surface area contributed by atoms with Gasteiger partial charge in [0, 0.05) is 24.7 Å². The van der Waals surface area contributed by atoms with E-state index in [0.717, 1.165) is 17.1 Å². The topological polar surface area (TPSA) is 97.0 Å². The van der Waals surface area contributed by atoms with E-state index in [4.69, 9.17) is 5.73 Å². The maximum absolute atomic E-state index is 12.2. The lowest BCUT2D eigenvalue weighted by atomic mass is 10.1. The monoisotopic (exact) mass is 370 g/mol. The van der Waals surface area contributed by atoms with E-state index in [-0.39, 0.29) is 17.9 Å². The Morgan fingerprint density at radius 3 is 2.56 bits per heavy atom. The average molecular weight is 371 g/mol. The maximum Gasteiger partial charge on any atom is 0.226 e. The zero-order valence-corrected chi connectivity index (χ0v) is 17.1. The minimum atomic E-state index is -0.0607. The van der Waals surface area contributed by atoms with Gasteiger partial charge in [-0.3, -0.25) is 4.79 Å². The van der Waals surface area contributed by atoms with E-state index in [1.807, 2.05) is 32.9 Å². The summed E-state index contributed by atoms with van der Waals surface area (Å²) in [5.74, 6) is 2.08. The second-order valence-corrected chi connectivity index (χ2v) is 6.65. The van der Waals surface area contributed by atoms with E-state index in [0.29, 0.717) is 30.3 Å². The van der Waals surface area contributed by atoms with Gasteiger partial charge in [0.1, 0.15) is 17.3 Å². The number of hydrogen-bond acceptors (Lipinski definition) is 6. The van der Waals surface area contributed by atoms with Crippen molar-refractivity contribution in [3.8, 4) is 0 Å². The number of nitrogen functional groups attached to an aromatic ring is 1. The van der Waals surface area contributed by atoms with E-state index in [9.17, 15) is 4.79 Å². The molecular formula is C20H30N6O. The first kappa shape index (κ1) is 20.6. The van der Waals surface area contributed by atoms with Gasteiger partial charge in [0.2, 0.25) is 5.91 Å². The minimum Gasteiger partial charge on any atom is -0.383 e. The summed E-state index contributed by atoms with van der Waals surface area (Å²) < 4.78 is 0. The van der Waals surface area contributed by atoms with E-state index in [1.54, 1.807) is 6.20 Å². The van der Waals surface area contributed by atoms with Crippen molar-refractivity contribution < 1.29 is 4.79 Å². The van der Waals surface area contributed by atoms with Crippen LogP contribution < -0.4 is 16.0 Å². The van der Waals surface area contributed by atoms with E-state index < -0.39 is 0 Å². The molecule has 0 saturated carbocycles. The summed E-state index contributed by atoms with van der Waals surface area (Å²) in [4.78, 5) is 27.8. The van der Waals surface area contributed by atoms with Crippen molar-refractivity contribution in [3.63, 3.8) is 0 Å². The molecule has 1 unspecified atom stereocenters. The van der Waals surface area contributed by atoms with Crippen LogP contribution in [0.4, 0.5) is 17.3 Å². The molecule has 0 saturated heterocycles. The van der Waals surface area contributed by atoms with Gasteiger partial charge >= 0.3 is 0 Å². The number of rotatable bonds is 3. The Balaban J connectivity index is 0.00000126. The first-order valence-electron chi connectivity index (χ1n) is 9.54. The lowest BCUT2D eigenvalue weighted by molar-refractivity contribution is -0.116. The van der Waals surface area contributed by atoms with Crippen LogP contribution in [0.15, 0.2) is 18.3 Å². The Kier molecular flexibility index (Phi) is 6.71. The van der Waals surface area contributed by atoms with Crippen LogP contribution in [0.5, 0.6) is 0 Å². The number of aryl methyl sites for hydroxylation is 1. The number of pyridine rings is 1. The number of aromatic nitrogens is 3. The average Bonchev–Trinajstić information content (AvgIpc) is 2.81. The molecule has 3 heterocycles. The number of carbonyl (C=O) groups excluding carboxylic acids is 1. The molecule has 0 aromatic carbocycles. The number of anilines is 3. The SMILES string of the molecule is CC.Cc1nc(C(C)C)c2c(n1)N(C(C)c1cccnc1N)CCC(=O)N2. The largest absolute Gasteiger partial charge is 0.383 e. The fourth-order valence-electron chi connectivity index (χ4n) is 3.18. The van der Waals surface area contributed by atoms with Gasteiger partial charge < -0.3 is 16.0 Å². The lowest BCUT2D eigenvalue weighted by Gasteiger charge is -2.31. The molecule has 0 bridgehead atoms. The van der Waals surface area contributed by atoms with Gasteiger partial charge in [0.05, 0.1) is 11.7 Å². The van der Waals surface area contributed by atoms with Crippen molar-refractivity contribution in [3.05, 3.63) is 35.4 Å². The normalized spacial score (nSPS) is 14.6. The second-order valence-electron chi connectivity index (χ2n) is 6.65. The molecule has 0 fully saturated rings. The van der Waals surface area contributed by atoms with Crippen LogP contribution in [0.1, 0.15) is 70.1 Å². The van der Waals surface area contributed by atoms with Crippen LogP contribution in [0.3, 0.4) is 0 Å². The smallest absolute Gasteiger partial charge is 0.226 e. The number of amides is 1.